The number of likely N-dealkylation sites (tertiary alicyclic amines) is 1. The average molecular weight is 331 g/mol. The molecule has 1 heterocycles. The molecular formula is C19H29N3O2. The first-order valence-electron chi connectivity index (χ1n) is 8.76. The molecule has 1 fully saturated rings. The van der Waals surface area contributed by atoms with Crippen LogP contribution in [0.4, 0.5) is 4.79 Å². The van der Waals surface area contributed by atoms with Crippen molar-refractivity contribution in [2.75, 3.05) is 19.6 Å². The van der Waals surface area contributed by atoms with Crippen LogP contribution < -0.4 is 10.6 Å². The van der Waals surface area contributed by atoms with Crippen LogP contribution >= 0.6 is 0 Å². The highest BCUT2D eigenvalue weighted by Gasteiger charge is 2.39. The van der Waals surface area contributed by atoms with Crippen molar-refractivity contribution < 1.29 is 9.59 Å². The first-order valence-corrected chi connectivity index (χ1v) is 8.76. The zero-order chi connectivity index (χ0) is 17.6. The Labute approximate surface area is 144 Å². The summed E-state index contributed by atoms with van der Waals surface area (Å²) in [6, 6.07) is 9.81. The lowest BCUT2D eigenvalue weighted by atomic mass is 9.81. The van der Waals surface area contributed by atoms with E-state index in [0.29, 0.717) is 32.1 Å². The quantitative estimate of drug-likeness (QED) is 0.871. The molecule has 1 saturated heterocycles. The van der Waals surface area contributed by atoms with E-state index in [1.165, 1.54) is 0 Å². The van der Waals surface area contributed by atoms with Gasteiger partial charge in [0, 0.05) is 26.2 Å². The smallest absolute Gasteiger partial charge is 0.317 e. The summed E-state index contributed by atoms with van der Waals surface area (Å²) in [6.45, 7) is 8.45. The van der Waals surface area contributed by atoms with E-state index < -0.39 is 5.41 Å². The van der Waals surface area contributed by atoms with Gasteiger partial charge < -0.3 is 15.5 Å². The zero-order valence-corrected chi connectivity index (χ0v) is 15.0. The number of rotatable bonds is 5. The van der Waals surface area contributed by atoms with Crippen molar-refractivity contribution in [3.8, 4) is 0 Å². The van der Waals surface area contributed by atoms with Gasteiger partial charge in [0.05, 0.1) is 5.41 Å². The van der Waals surface area contributed by atoms with Crippen molar-refractivity contribution in [1.29, 1.82) is 0 Å². The summed E-state index contributed by atoms with van der Waals surface area (Å²) in [7, 11) is 0. The molecule has 1 aromatic carbocycles. The van der Waals surface area contributed by atoms with Crippen LogP contribution in [0.15, 0.2) is 30.3 Å². The second-order valence-electron chi connectivity index (χ2n) is 7.33. The molecule has 0 aromatic heterocycles. The number of amides is 3. The molecule has 3 amide bonds. The second kappa shape index (κ2) is 8.18. The molecule has 1 atom stereocenters. The largest absolute Gasteiger partial charge is 0.351 e. The number of benzene rings is 1. The maximum atomic E-state index is 12.7. The Kier molecular flexibility index (Phi) is 6.23. The molecule has 1 aliphatic rings. The Morgan fingerprint density at radius 3 is 2.58 bits per heavy atom. The zero-order valence-electron chi connectivity index (χ0n) is 15.0. The van der Waals surface area contributed by atoms with Crippen LogP contribution in [0.25, 0.3) is 0 Å². The molecule has 0 radical (unpaired) electrons. The fraction of sp³-hybridized carbons (Fsp3) is 0.579. The SMILES string of the molecule is CC(C)CNC(=O)N1CCCC(C)(C(=O)NCc2ccccc2)C1. The number of hydrogen-bond acceptors (Lipinski definition) is 2. The second-order valence-corrected chi connectivity index (χ2v) is 7.33. The monoisotopic (exact) mass is 331 g/mol. The van der Waals surface area contributed by atoms with Gasteiger partial charge in [-0.05, 0) is 31.2 Å². The van der Waals surface area contributed by atoms with Crippen LogP contribution in [0.1, 0.15) is 39.2 Å². The molecule has 1 aromatic rings. The summed E-state index contributed by atoms with van der Waals surface area (Å²) in [6.07, 6.45) is 1.66. The molecule has 0 bridgehead atoms. The van der Waals surface area contributed by atoms with Gasteiger partial charge in [0.1, 0.15) is 0 Å². The summed E-state index contributed by atoms with van der Waals surface area (Å²) in [4.78, 5) is 26.7. The molecule has 24 heavy (non-hydrogen) atoms. The topological polar surface area (TPSA) is 61.4 Å². The van der Waals surface area contributed by atoms with Gasteiger partial charge in [-0.1, -0.05) is 44.2 Å². The van der Waals surface area contributed by atoms with E-state index in [-0.39, 0.29) is 11.9 Å². The van der Waals surface area contributed by atoms with Crippen LogP contribution in [0.2, 0.25) is 0 Å². The number of urea groups is 1. The van der Waals surface area contributed by atoms with Crippen LogP contribution in [0.5, 0.6) is 0 Å². The Balaban J connectivity index is 1.90. The van der Waals surface area contributed by atoms with E-state index in [1.807, 2.05) is 37.3 Å². The molecule has 2 N–H and O–H groups in total. The summed E-state index contributed by atoms with van der Waals surface area (Å²) >= 11 is 0. The number of piperidine rings is 1. The third-order valence-corrected chi connectivity index (χ3v) is 4.49. The first-order chi connectivity index (χ1) is 11.4. The first kappa shape index (κ1) is 18.3. The van der Waals surface area contributed by atoms with Gasteiger partial charge in [-0.15, -0.1) is 0 Å². The van der Waals surface area contributed by atoms with Crippen LogP contribution in [-0.2, 0) is 11.3 Å². The lowest BCUT2D eigenvalue weighted by molar-refractivity contribution is -0.132. The van der Waals surface area contributed by atoms with Gasteiger partial charge in [-0.2, -0.15) is 0 Å². The van der Waals surface area contributed by atoms with Crippen molar-refractivity contribution in [3.63, 3.8) is 0 Å². The molecule has 0 saturated carbocycles. The van der Waals surface area contributed by atoms with Crippen molar-refractivity contribution in [1.82, 2.24) is 15.5 Å². The molecule has 132 valence electrons. The normalized spacial score (nSPS) is 20.8. The van der Waals surface area contributed by atoms with Crippen LogP contribution in [0, 0.1) is 11.3 Å². The van der Waals surface area contributed by atoms with Gasteiger partial charge in [0.15, 0.2) is 0 Å². The maximum absolute atomic E-state index is 12.7. The molecule has 1 unspecified atom stereocenters. The summed E-state index contributed by atoms with van der Waals surface area (Å²) in [5.74, 6) is 0.437. The number of hydrogen-bond donors (Lipinski definition) is 2. The molecule has 5 heteroatoms. The van der Waals surface area contributed by atoms with E-state index in [1.54, 1.807) is 4.90 Å². The molecule has 0 spiro atoms. The summed E-state index contributed by atoms with van der Waals surface area (Å²) < 4.78 is 0. The van der Waals surface area contributed by atoms with Gasteiger partial charge in [-0.25, -0.2) is 4.79 Å². The molecule has 2 rings (SSSR count). The number of nitrogens with one attached hydrogen (secondary N) is 2. The number of nitrogens with zero attached hydrogens (tertiary/aromatic N) is 1. The predicted molar refractivity (Wildman–Crippen MR) is 95.4 cm³/mol. The lowest BCUT2D eigenvalue weighted by Crippen LogP contribution is -2.54. The van der Waals surface area contributed by atoms with Gasteiger partial charge >= 0.3 is 6.03 Å². The Bertz CT molecular complexity index is 559. The highest BCUT2D eigenvalue weighted by atomic mass is 16.2. The molecular weight excluding hydrogens is 302 g/mol. The summed E-state index contributed by atoms with van der Waals surface area (Å²) in [5, 5.41) is 5.96. The summed E-state index contributed by atoms with van der Waals surface area (Å²) in [5.41, 5.74) is 0.555. The van der Waals surface area contributed by atoms with Crippen LogP contribution in [-0.4, -0.2) is 36.5 Å². The molecule has 1 aliphatic heterocycles. The van der Waals surface area contributed by atoms with Crippen molar-refractivity contribution in [2.45, 2.75) is 40.2 Å². The standard InChI is InChI=1S/C19H29N3O2/c1-15(2)12-21-18(24)22-11-7-10-19(3,14-22)17(23)20-13-16-8-5-4-6-9-16/h4-6,8-9,15H,7,10-14H2,1-3H3,(H,20,23)(H,21,24). The van der Waals surface area contributed by atoms with E-state index in [2.05, 4.69) is 24.5 Å². The Morgan fingerprint density at radius 2 is 1.92 bits per heavy atom. The van der Waals surface area contributed by atoms with Gasteiger partial charge in [0.25, 0.3) is 0 Å². The van der Waals surface area contributed by atoms with Crippen LogP contribution in [0.3, 0.4) is 0 Å². The maximum Gasteiger partial charge on any atom is 0.317 e. The minimum atomic E-state index is -0.526. The van der Waals surface area contributed by atoms with E-state index in [4.69, 9.17) is 0 Å². The number of carbonyl (C=O) groups excluding carboxylic acids is 2. The van der Waals surface area contributed by atoms with Gasteiger partial charge in [0.2, 0.25) is 5.91 Å². The lowest BCUT2D eigenvalue weighted by Gasteiger charge is -2.39. The number of carbonyl (C=O) groups is 2. The third kappa shape index (κ3) is 4.98. The Hall–Kier alpha value is -2.04. The predicted octanol–water partition coefficient (Wildman–Crippen LogP) is 2.77. The van der Waals surface area contributed by atoms with Crippen molar-refractivity contribution in [3.05, 3.63) is 35.9 Å². The van der Waals surface area contributed by atoms with Gasteiger partial charge in [-0.3, -0.25) is 4.79 Å². The van der Waals surface area contributed by atoms with E-state index in [0.717, 1.165) is 18.4 Å². The van der Waals surface area contributed by atoms with E-state index in [9.17, 15) is 9.59 Å². The van der Waals surface area contributed by atoms with E-state index >= 15 is 0 Å². The fourth-order valence-electron chi connectivity index (χ4n) is 2.99. The Morgan fingerprint density at radius 1 is 1.21 bits per heavy atom. The molecule has 5 nitrogen and oxygen atoms in total. The average Bonchev–Trinajstić information content (AvgIpc) is 2.58. The minimum Gasteiger partial charge on any atom is -0.351 e. The van der Waals surface area contributed by atoms with Crippen molar-refractivity contribution >= 4 is 11.9 Å². The third-order valence-electron chi connectivity index (χ3n) is 4.49. The molecule has 0 aliphatic carbocycles. The highest BCUT2D eigenvalue weighted by Crippen LogP contribution is 2.29. The minimum absolute atomic E-state index is 0.0210. The highest BCUT2D eigenvalue weighted by molar-refractivity contribution is 5.84. The fourth-order valence-corrected chi connectivity index (χ4v) is 2.99. The van der Waals surface area contributed by atoms with Crippen molar-refractivity contribution in [2.24, 2.45) is 11.3 Å².